The van der Waals surface area contributed by atoms with Crippen LogP contribution in [-0.2, 0) is 11.3 Å². The normalized spacial score (nSPS) is 11.6. The lowest BCUT2D eigenvalue weighted by atomic mass is 10.2. The first-order chi connectivity index (χ1) is 15.8. The molecule has 2 aromatic carbocycles. The van der Waals surface area contributed by atoms with Crippen LogP contribution in [0.25, 0.3) is 0 Å². The number of aromatic nitrogens is 3. The number of nitro groups is 1. The molecule has 10 nitrogen and oxygen atoms in total. The molecule has 1 N–H and O–H groups in total. The van der Waals surface area contributed by atoms with E-state index in [1.807, 2.05) is 30.5 Å². The number of non-ortho nitro benzene ring substituents is 1. The van der Waals surface area contributed by atoms with Gasteiger partial charge >= 0.3 is 0 Å². The van der Waals surface area contributed by atoms with Crippen molar-refractivity contribution in [1.82, 2.24) is 14.8 Å². The van der Waals surface area contributed by atoms with Gasteiger partial charge < -0.3 is 19.4 Å². The van der Waals surface area contributed by atoms with E-state index in [1.54, 1.807) is 19.2 Å². The Morgan fingerprint density at radius 2 is 2.00 bits per heavy atom. The second-order valence-electron chi connectivity index (χ2n) is 6.75. The van der Waals surface area contributed by atoms with Gasteiger partial charge in [0.2, 0.25) is 5.91 Å². The zero-order valence-electron chi connectivity index (χ0n) is 18.1. The van der Waals surface area contributed by atoms with Crippen LogP contribution in [0.1, 0.15) is 25.8 Å². The fourth-order valence-electron chi connectivity index (χ4n) is 3.00. The van der Waals surface area contributed by atoms with E-state index < -0.39 is 22.8 Å². The number of benzene rings is 2. The molecule has 1 aromatic heterocycles. The number of carbonyl (C=O) groups is 1. The maximum absolute atomic E-state index is 13.9. The second-order valence-corrected chi connectivity index (χ2v) is 7.70. The van der Waals surface area contributed by atoms with Crippen molar-refractivity contribution in [1.29, 1.82) is 0 Å². The zero-order valence-corrected chi connectivity index (χ0v) is 19.0. The molecule has 0 aliphatic carbocycles. The molecular weight excluding hydrogens is 453 g/mol. The van der Waals surface area contributed by atoms with Crippen molar-refractivity contribution in [3.05, 3.63) is 64.2 Å². The summed E-state index contributed by atoms with van der Waals surface area (Å²) in [5.74, 6) is 0.320. The monoisotopic (exact) mass is 475 g/mol. The van der Waals surface area contributed by atoms with Gasteiger partial charge in [0.25, 0.3) is 5.69 Å². The van der Waals surface area contributed by atoms with Crippen LogP contribution in [0.3, 0.4) is 0 Å². The van der Waals surface area contributed by atoms with E-state index >= 15 is 0 Å². The van der Waals surface area contributed by atoms with Gasteiger partial charge in [-0.15, -0.1) is 10.2 Å². The molecule has 3 aromatic rings. The molecule has 1 heterocycles. The van der Waals surface area contributed by atoms with Crippen molar-refractivity contribution in [2.45, 2.75) is 31.7 Å². The Balaban J connectivity index is 1.67. The SMILES string of the molecule is CCn1c(SCC(=O)Nc2cc([N+](=O)[O-])ccc2F)nnc1C(C)Oc1ccccc1OC. The molecule has 174 valence electrons. The fraction of sp³-hybridized carbons (Fsp3) is 0.286. The maximum Gasteiger partial charge on any atom is 0.271 e. The minimum atomic E-state index is -0.764. The van der Waals surface area contributed by atoms with Crippen LogP contribution in [0.5, 0.6) is 11.5 Å². The van der Waals surface area contributed by atoms with Gasteiger partial charge in [0, 0.05) is 18.7 Å². The molecule has 0 aliphatic rings. The van der Waals surface area contributed by atoms with Gasteiger partial charge in [0.1, 0.15) is 5.82 Å². The van der Waals surface area contributed by atoms with Crippen LogP contribution in [0.4, 0.5) is 15.8 Å². The number of carbonyl (C=O) groups excluding carboxylic acids is 1. The number of hydrogen-bond acceptors (Lipinski definition) is 8. The molecule has 3 rings (SSSR count). The third-order valence-corrected chi connectivity index (χ3v) is 5.53. The summed E-state index contributed by atoms with van der Waals surface area (Å²) in [5.41, 5.74) is -0.579. The van der Waals surface area contributed by atoms with Gasteiger partial charge in [-0.2, -0.15) is 0 Å². The van der Waals surface area contributed by atoms with Crippen molar-refractivity contribution in [3.8, 4) is 11.5 Å². The zero-order chi connectivity index (χ0) is 24.0. The van der Waals surface area contributed by atoms with Gasteiger partial charge in [0.15, 0.2) is 28.6 Å². The molecule has 0 aliphatic heterocycles. The number of thioether (sulfide) groups is 1. The lowest BCUT2D eigenvalue weighted by Gasteiger charge is -2.17. The maximum atomic E-state index is 13.9. The number of anilines is 1. The number of nitro benzene ring substituents is 1. The molecule has 33 heavy (non-hydrogen) atoms. The van der Waals surface area contributed by atoms with Gasteiger partial charge in [-0.1, -0.05) is 23.9 Å². The van der Waals surface area contributed by atoms with Gasteiger partial charge in [-0.25, -0.2) is 4.39 Å². The molecule has 0 saturated carbocycles. The van der Waals surface area contributed by atoms with Crippen molar-refractivity contribution < 1.29 is 23.6 Å². The predicted octanol–water partition coefficient (Wildman–Crippen LogP) is 4.22. The highest BCUT2D eigenvalue weighted by Gasteiger charge is 2.21. The quantitative estimate of drug-likeness (QED) is 0.263. The summed E-state index contributed by atoms with van der Waals surface area (Å²) in [5, 5.41) is 22.1. The minimum absolute atomic E-state index is 0.0952. The first-order valence-electron chi connectivity index (χ1n) is 9.93. The predicted molar refractivity (Wildman–Crippen MR) is 120 cm³/mol. The highest BCUT2D eigenvalue weighted by molar-refractivity contribution is 7.99. The van der Waals surface area contributed by atoms with Crippen LogP contribution in [0.2, 0.25) is 0 Å². The van der Waals surface area contributed by atoms with Crippen molar-refractivity contribution in [3.63, 3.8) is 0 Å². The standard InChI is InChI=1S/C21H22FN5O5S/c1-4-26-20(13(2)32-18-8-6-5-7-17(18)31-3)24-25-21(26)33-12-19(28)23-16-11-14(27(29)30)9-10-15(16)22/h5-11,13H,4,12H2,1-3H3,(H,23,28). The van der Waals surface area contributed by atoms with Crippen LogP contribution in [0.15, 0.2) is 47.6 Å². The van der Waals surface area contributed by atoms with Crippen LogP contribution in [0, 0.1) is 15.9 Å². The summed E-state index contributed by atoms with van der Waals surface area (Å²) >= 11 is 1.11. The van der Waals surface area contributed by atoms with E-state index in [-0.39, 0.29) is 17.1 Å². The Hall–Kier alpha value is -3.67. The Morgan fingerprint density at radius 3 is 2.67 bits per heavy atom. The summed E-state index contributed by atoms with van der Waals surface area (Å²) in [6.07, 6.45) is -0.448. The van der Waals surface area contributed by atoms with Gasteiger partial charge in [-0.3, -0.25) is 14.9 Å². The molecule has 0 bridgehead atoms. The van der Waals surface area contributed by atoms with Crippen molar-refractivity contribution in [2.75, 3.05) is 18.2 Å². The third-order valence-electron chi connectivity index (χ3n) is 4.57. The summed E-state index contributed by atoms with van der Waals surface area (Å²) in [6, 6.07) is 10.2. The number of amides is 1. The summed E-state index contributed by atoms with van der Waals surface area (Å²) in [4.78, 5) is 22.5. The number of hydrogen-bond donors (Lipinski definition) is 1. The lowest BCUT2D eigenvalue weighted by molar-refractivity contribution is -0.384. The number of halogens is 1. The average molecular weight is 476 g/mol. The lowest BCUT2D eigenvalue weighted by Crippen LogP contribution is -2.16. The molecule has 0 fully saturated rings. The van der Waals surface area contributed by atoms with Gasteiger partial charge in [0.05, 0.1) is 23.5 Å². The molecule has 0 spiro atoms. The Bertz CT molecular complexity index is 1160. The molecule has 1 atom stereocenters. The first kappa shape index (κ1) is 24.0. The Morgan fingerprint density at radius 1 is 1.27 bits per heavy atom. The molecule has 12 heteroatoms. The molecule has 0 saturated heterocycles. The Kier molecular flexibility index (Phi) is 7.83. The number of nitrogens with zero attached hydrogens (tertiary/aromatic N) is 4. The van der Waals surface area contributed by atoms with Crippen molar-refractivity contribution in [2.24, 2.45) is 0 Å². The molecular formula is C21H22FN5O5S. The van der Waals surface area contributed by atoms with E-state index in [0.29, 0.717) is 29.0 Å². The second kappa shape index (κ2) is 10.8. The fourth-order valence-corrected chi connectivity index (χ4v) is 3.81. The Labute approximate surface area is 193 Å². The van der Waals surface area contributed by atoms with E-state index in [9.17, 15) is 19.3 Å². The van der Waals surface area contributed by atoms with Crippen LogP contribution >= 0.6 is 11.8 Å². The number of rotatable bonds is 10. The van der Waals surface area contributed by atoms with Crippen LogP contribution in [-0.4, -0.2) is 38.5 Å². The number of methoxy groups -OCH3 is 1. The summed E-state index contributed by atoms with van der Waals surface area (Å²) in [6.45, 7) is 4.27. The van der Waals surface area contributed by atoms with Crippen LogP contribution < -0.4 is 14.8 Å². The summed E-state index contributed by atoms with van der Waals surface area (Å²) < 4.78 is 27.0. The number of ether oxygens (including phenoxy) is 2. The van der Waals surface area contributed by atoms with E-state index in [1.165, 1.54) is 0 Å². The smallest absolute Gasteiger partial charge is 0.271 e. The third kappa shape index (κ3) is 5.77. The van der Waals surface area contributed by atoms with E-state index in [4.69, 9.17) is 9.47 Å². The molecule has 1 unspecified atom stereocenters. The van der Waals surface area contributed by atoms with Gasteiger partial charge in [-0.05, 0) is 32.0 Å². The number of nitrogens with one attached hydrogen (secondary N) is 1. The molecule has 1 amide bonds. The highest BCUT2D eigenvalue weighted by Crippen LogP contribution is 2.31. The number of para-hydroxylation sites is 2. The van der Waals surface area contributed by atoms with Crippen molar-refractivity contribution >= 4 is 29.0 Å². The summed E-state index contributed by atoms with van der Waals surface area (Å²) in [7, 11) is 1.56. The minimum Gasteiger partial charge on any atom is -0.493 e. The molecule has 0 radical (unpaired) electrons. The highest BCUT2D eigenvalue weighted by atomic mass is 32.2. The average Bonchev–Trinajstić information content (AvgIpc) is 3.22. The topological polar surface area (TPSA) is 121 Å². The van der Waals surface area contributed by atoms with E-state index in [0.717, 1.165) is 30.0 Å². The van der Waals surface area contributed by atoms with E-state index in [2.05, 4.69) is 15.5 Å². The first-order valence-corrected chi connectivity index (χ1v) is 10.9. The largest absolute Gasteiger partial charge is 0.493 e.